The monoisotopic (exact) mass is 391 g/mol. The van der Waals surface area contributed by atoms with Gasteiger partial charge in [-0.15, -0.1) is 0 Å². The number of ether oxygens (including phenoxy) is 2. The summed E-state index contributed by atoms with van der Waals surface area (Å²) in [5, 5.41) is 56.0. The lowest BCUT2D eigenvalue weighted by Gasteiger charge is -2.45. The third kappa shape index (κ3) is 4.97. The largest absolute Gasteiger partial charge is 0.515 e. The van der Waals surface area contributed by atoms with E-state index < -0.39 is 48.8 Å². The van der Waals surface area contributed by atoms with Crippen molar-refractivity contribution >= 4 is 0 Å². The number of hydrogen-bond donors (Lipinski definition) is 8. The van der Waals surface area contributed by atoms with E-state index in [2.05, 4.69) is 10.6 Å². The first kappa shape index (κ1) is 22.5. The van der Waals surface area contributed by atoms with Crippen LogP contribution in [0.3, 0.4) is 0 Å². The first-order valence-corrected chi connectivity index (χ1v) is 9.32. The van der Waals surface area contributed by atoms with Crippen LogP contribution >= 0.6 is 0 Å². The molecule has 2 aliphatic rings. The van der Waals surface area contributed by atoms with E-state index in [0.29, 0.717) is 18.4 Å². The Kier molecular flexibility index (Phi) is 8.40. The molecule has 9 N–H and O–H groups in total. The first-order valence-electron chi connectivity index (χ1n) is 9.32. The smallest absolute Gasteiger partial charge is 0.186 e. The van der Waals surface area contributed by atoms with Crippen molar-refractivity contribution in [2.24, 2.45) is 5.73 Å². The average Bonchev–Trinajstić information content (AvgIpc) is 2.67. The first-order chi connectivity index (χ1) is 12.9. The van der Waals surface area contributed by atoms with Crippen LogP contribution < -0.4 is 16.4 Å². The molecule has 0 amide bonds. The van der Waals surface area contributed by atoms with Crippen molar-refractivity contribution in [3.05, 3.63) is 11.8 Å². The van der Waals surface area contributed by atoms with Crippen molar-refractivity contribution in [1.29, 1.82) is 0 Å². The van der Waals surface area contributed by atoms with E-state index in [1.165, 1.54) is 0 Å². The van der Waals surface area contributed by atoms with Gasteiger partial charge in [-0.2, -0.15) is 0 Å². The zero-order valence-corrected chi connectivity index (χ0v) is 15.7. The van der Waals surface area contributed by atoms with Crippen LogP contribution in [0.1, 0.15) is 19.8 Å². The molecule has 0 aromatic carbocycles. The second kappa shape index (κ2) is 10.1. The van der Waals surface area contributed by atoms with Crippen molar-refractivity contribution in [2.45, 2.75) is 74.6 Å². The second-order valence-electron chi connectivity index (χ2n) is 7.18. The Balaban J connectivity index is 2.15. The van der Waals surface area contributed by atoms with E-state index in [-0.39, 0.29) is 19.3 Å². The highest BCUT2D eigenvalue weighted by molar-refractivity contribution is 5.14. The summed E-state index contributed by atoms with van der Waals surface area (Å²) in [5.41, 5.74) is 6.40. The van der Waals surface area contributed by atoms with Crippen LogP contribution in [0.5, 0.6) is 0 Å². The van der Waals surface area contributed by atoms with Crippen LogP contribution in [0.2, 0.25) is 0 Å². The van der Waals surface area contributed by atoms with E-state index in [4.69, 9.17) is 15.2 Å². The summed E-state index contributed by atoms with van der Waals surface area (Å²) in [6.45, 7) is 1.86. The molecule has 1 aliphatic carbocycles. The number of aliphatic hydroxyl groups excluding tert-OH is 5. The van der Waals surface area contributed by atoms with Gasteiger partial charge < -0.3 is 51.4 Å². The van der Waals surface area contributed by atoms with Crippen LogP contribution in [0, 0.1) is 0 Å². The summed E-state index contributed by atoms with van der Waals surface area (Å²) in [6, 6.07) is -1.90. The van der Waals surface area contributed by atoms with Gasteiger partial charge in [-0.05, 0) is 19.9 Å². The molecule has 27 heavy (non-hydrogen) atoms. The van der Waals surface area contributed by atoms with Gasteiger partial charge in [-0.3, -0.25) is 0 Å². The SMILES string of the molecule is CCC(CO)N[C@@H]1C[C@H](N)C(O)[C@H](O)[C@H]1O[C@H]1OC/C(=C/O)[C@H](NC)[C@H]1O. The minimum absolute atomic E-state index is 0.0426. The van der Waals surface area contributed by atoms with Gasteiger partial charge in [-0.1, -0.05) is 6.92 Å². The summed E-state index contributed by atoms with van der Waals surface area (Å²) in [4.78, 5) is 0. The molecule has 158 valence electrons. The molecule has 0 aromatic heterocycles. The maximum absolute atomic E-state index is 10.5. The summed E-state index contributed by atoms with van der Waals surface area (Å²) in [7, 11) is 1.63. The molecule has 1 saturated heterocycles. The van der Waals surface area contributed by atoms with E-state index in [1.807, 2.05) is 6.92 Å². The zero-order valence-electron chi connectivity index (χ0n) is 15.7. The van der Waals surface area contributed by atoms with Crippen molar-refractivity contribution in [1.82, 2.24) is 10.6 Å². The Morgan fingerprint density at radius 1 is 1.30 bits per heavy atom. The lowest BCUT2D eigenvalue weighted by Crippen LogP contribution is -2.66. The summed E-state index contributed by atoms with van der Waals surface area (Å²) < 4.78 is 11.4. The number of hydrogen-bond acceptors (Lipinski definition) is 10. The van der Waals surface area contributed by atoms with Gasteiger partial charge in [0, 0.05) is 23.7 Å². The van der Waals surface area contributed by atoms with Crippen LogP contribution in [0.4, 0.5) is 0 Å². The molecule has 0 radical (unpaired) electrons. The highest BCUT2D eigenvalue weighted by atomic mass is 16.7. The quantitative estimate of drug-likeness (QED) is 0.214. The molecule has 2 fully saturated rings. The van der Waals surface area contributed by atoms with E-state index in [9.17, 15) is 25.5 Å². The lowest BCUT2D eigenvalue weighted by molar-refractivity contribution is -0.261. The van der Waals surface area contributed by atoms with Gasteiger partial charge in [0.2, 0.25) is 0 Å². The highest BCUT2D eigenvalue weighted by Crippen LogP contribution is 2.28. The van der Waals surface area contributed by atoms with Crippen LogP contribution in [0.15, 0.2) is 11.8 Å². The van der Waals surface area contributed by atoms with Crippen molar-refractivity contribution in [2.75, 3.05) is 20.3 Å². The molecule has 9 atom stereocenters. The van der Waals surface area contributed by atoms with Crippen molar-refractivity contribution in [3.8, 4) is 0 Å². The fourth-order valence-electron chi connectivity index (χ4n) is 3.68. The number of nitrogens with one attached hydrogen (secondary N) is 2. The number of nitrogens with two attached hydrogens (primary N) is 1. The minimum Gasteiger partial charge on any atom is -0.515 e. The van der Waals surface area contributed by atoms with Gasteiger partial charge >= 0.3 is 0 Å². The maximum atomic E-state index is 10.5. The molecule has 2 unspecified atom stereocenters. The molecule has 1 aliphatic heterocycles. The van der Waals surface area contributed by atoms with E-state index >= 15 is 0 Å². The van der Waals surface area contributed by atoms with Gasteiger partial charge in [0.25, 0.3) is 0 Å². The summed E-state index contributed by atoms with van der Waals surface area (Å²) in [6.07, 6.45) is -3.74. The predicted molar refractivity (Wildman–Crippen MR) is 96.9 cm³/mol. The fourth-order valence-corrected chi connectivity index (χ4v) is 3.68. The Hall–Kier alpha value is -0.820. The predicted octanol–water partition coefficient (Wildman–Crippen LogP) is -2.70. The molecule has 2 rings (SSSR count). The molecule has 0 aromatic rings. The number of likely N-dealkylation sites (N-methyl/N-ethyl adjacent to an activating group) is 1. The van der Waals surface area contributed by atoms with E-state index in [0.717, 1.165) is 6.26 Å². The minimum atomic E-state index is -1.29. The highest BCUT2D eigenvalue weighted by Gasteiger charge is 2.46. The van der Waals surface area contributed by atoms with Gasteiger partial charge in [0.1, 0.15) is 18.3 Å². The Bertz CT molecular complexity index is 491. The van der Waals surface area contributed by atoms with Gasteiger partial charge in [0.05, 0.1) is 31.6 Å². The number of rotatable bonds is 7. The maximum Gasteiger partial charge on any atom is 0.186 e. The van der Waals surface area contributed by atoms with E-state index in [1.54, 1.807) is 7.05 Å². The molecule has 10 heteroatoms. The van der Waals surface area contributed by atoms with Gasteiger partial charge in [-0.25, -0.2) is 0 Å². The van der Waals surface area contributed by atoms with Crippen LogP contribution in [0.25, 0.3) is 0 Å². The average molecular weight is 391 g/mol. The standard InChI is InChI=1S/C17H33N3O7/c1-3-9(6-22)20-11-4-10(18)13(23)15(25)16(11)27-17-14(24)12(19-2)8(5-21)7-26-17/h5,9-17,19-25H,3-4,6-7,18H2,1-2H3/b8-5-/t9?,10-,11+,12-,13?,14+,15-,16-,17+/m0/s1. The number of aliphatic hydroxyl groups is 5. The molecule has 1 saturated carbocycles. The zero-order chi connectivity index (χ0) is 20.1. The topological polar surface area (TPSA) is 170 Å². The summed E-state index contributed by atoms with van der Waals surface area (Å²) in [5.74, 6) is 0. The van der Waals surface area contributed by atoms with Crippen molar-refractivity contribution in [3.63, 3.8) is 0 Å². The van der Waals surface area contributed by atoms with Crippen molar-refractivity contribution < 1.29 is 35.0 Å². The Morgan fingerprint density at radius 3 is 2.56 bits per heavy atom. The molecular weight excluding hydrogens is 358 g/mol. The Labute approximate surface area is 159 Å². The Morgan fingerprint density at radius 2 is 2.00 bits per heavy atom. The molecular formula is C17H33N3O7. The molecule has 1 heterocycles. The third-order valence-corrected chi connectivity index (χ3v) is 5.41. The molecule has 10 nitrogen and oxygen atoms in total. The van der Waals surface area contributed by atoms with Gasteiger partial charge in [0.15, 0.2) is 6.29 Å². The second-order valence-corrected chi connectivity index (χ2v) is 7.18. The van der Waals surface area contributed by atoms with Crippen LogP contribution in [-0.4, -0.2) is 101 Å². The van der Waals surface area contributed by atoms with Crippen LogP contribution in [-0.2, 0) is 9.47 Å². The third-order valence-electron chi connectivity index (χ3n) is 5.41. The summed E-state index contributed by atoms with van der Waals surface area (Å²) >= 11 is 0. The molecule has 0 bridgehead atoms. The molecule has 0 spiro atoms. The normalized spacial score (nSPS) is 43.0. The fraction of sp³-hybridized carbons (Fsp3) is 0.882. The lowest BCUT2D eigenvalue weighted by atomic mass is 9.83.